The number of thioether (sulfide) groups is 1. The Morgan fingerprint density at radius 1 is 1.13 bits per heavy atom. The molecule has 0 radical (unpaired) electrons. The maximum atomic E-state index is 11.9. The lowest BCUT2D eigenvalue weighted by Crippen LogP contribution is -2.03. The third kappa shape index (κ3) is 5.33. The standard InChI is InChI=1S/C21H19Cl2N3O4S/c1-4-26-19(13-7-15(29-2)11-16(8-13)30-3)24-25-21(26)31-18(20(27)28)9-12-5-6-14(22)10-17(12)23/h5-11H,4H2,1-3H3,(H,27,28)/b18-9-. The normalized spacial score (nSPS) is 11.5. The van der Waals surface area contributed by atoms with Gasteiger partial charge in [0.2, 0.25) is 0 Å². The zero-order valence-corrected chi connectivity index (χ0v) is 19.3. The maximum absolute atomic E-state index is 11.9. The highest BCUT2D eigenvalue weighted by Gasteiger charge is 2.19. The van der Waals surface area contributed by atoms with Gasteiger partial charge in [0.05, 0.1) is 14.2 Å². The number of methoxy groups -OCH3 is 2. The number of carboxylic acids is 1. The first-order chi connectivity index (χ1) is 14.9. The van der Waals surface area contributed by atoms with Crippen LogP contribution in [-0.2, 0) is 11.3 Å². The molecule has 162 valence electrons. The lowest BCUT2D eigenvalue weighted by molar-refractivity contribution is -0.131. The summed E-state index contributed by atoms with van der Waals surface area (Å²) in [6.45, 7) is 2.45. The largest absolute Gasteiger partial charge is 0.497 e. The summed E-state index contributed by atoms with van der Waals surface area (Å²) >= 11 is 13.1. The third-order valence-corrected chi connectivity index (χ3v) is 5.86. The fraction of sp³-hybridized carbons (Fsp3) is 0.190. The Morgan fingerprint density at radius 2 is 1.81 bits per heavy atom. The highest BCUT2D eigenvalue weighted by molar-refractivity contribution is 8.04. The average molecular weight is 480 g/mol. The van der Waals surface area contributed by atoms with Gasteiger partial charge >= 0.3 is 5.97 Å². The van der Waals surface area contributed by atoms with E-state index in [1.807, 2.05) is 23.6 Å². The van der Waals surface area contributed by atoms with E-state index >= 15 is 0 Å². The molecule has 31 heavy (non-hydrogen) atoms. The van der Waals surface area contributed by atoms with Gasteiger partial charge in [-0.3, -0.25) is 0 Å². The van der Waals surface area contributed by atoms with E-state index in [0.29, 0.717) is 44.6 Å². The summed E-state index contributed by atoms with van der Waals surface area (Å²) in [6.07, 6.45) is 1.48. The molecule has 0 unspecified atom stereocenters. The molecule has 0 aliphatic carbocycles. The van der Waals surface area contributed by atoms with E-state index in [4.69, 9.17) is 32.7 Å². The number of carboxylic acid groups (broad SMARTS) is 1. The van der Waals surface area contributed by atoms with Crippen LogP contribution >= 0.6 is 35.0 Å². The highest BCUT2D eigenvalue weighted by Crippen LogP contribution is 2.34. The molecule has 0 atom stereocenters. The van der Waals surface area contributed by atoms with Crippen LogP contribution in [0, 0.1) is 0 Å². The summed E-state index contributed by atoms with van der Waals surface area (Å²) in [6, 6.07) is 10.2. The van der Waals surface area contributed by atoms with Crippen molar-refractivity contribution in [3.8, 4) is 22.9 Å². The Labute approximate surface area is 193 Å². The van der Waals surface area contributed by atoms with Crippen LogP contribution in [0.5, 0.6) is 11.5 Å². The molecule has 0 fully saturated rings. The van der Waals surface area contributed by atoms with Crippen molar-refractivity contribution in [1.29, 1.82) is 0 Å². The molecule has 0 amide bonds. The zero-order chi connectivity index (χ0) is 22.5. The summed E-state index contributed by atoms with van der Waals surface area (Å²) in [7, 11) is 3.13. The summed E-state index contributed by atoms with van der Waals surface area (Å²) in [5.41, 5.74) is 1.27. The number of aromatic nitrogens is 3. The van der Waals surface area contributed by atoms with Crippen molar-refractivity contribution < 1.29 is 19.4 Å². The van der Waals surface area contributed by atoms with Crippen molar-refractivity contribution >= 4 is 47.0 Å². The van der Waals surface area contributed by atoms with Gasteiger partial charge in [0, 0.05) is 28.2 Å². The molecule has 0 spiro atoms. The van der Waals surface area contributed by atoms with Gasteiger partial charge in [-0.2, -0.15) is 0 Å². The van der Waals surface area contributed by atoms with Crippen LogP contribution in [0.3, 0.4) is 0 Å². The first kappa shape index (κ1) is 23.0. The maximum Gasteiger partial charge on any atom is 0.342 e. The zero-order valence-electron chi connectivity index (χ0n) is 16.9. The van der Waals surface area contributed by atoms with Crippen molar-refractivity contribution in [2.45, 2.75) is 18.6 Å². The number of benzene rings is 2. The van der Waals surface area contributed by atoms with Gasteiger partial charge in [-0.05, 0) is 54.6 Å². The number of ether oxygens (including phenoxy) is 2. The fourth-order valence-corrected chi connectivity index (χ4v) is 4.13. The van der Waals surface area contributed by atoms with E-state index in [1.165, 1.54) is 6.08 Å². The lowest BCUT2D eigenvalue weighted by Gasteiger charge is -2.10. The van der Waals surface area contributed by atoms with Crippen molar-refractivity contribution in [3.63, 3.8) is 0 Å². The molecule has 0 saturated carbocycles. The van der Waals surface area contributed by atoms with Gasteiger partial charge in [0.1, 0.15) is 16.4 Å². The molecule has 3 aromatic rings. The number of hydrogen-bond acceptors (Lipinski definition) is 6. The summed E-state index contributed by atoms with van der Waals surface area (Å²) in [5, 5.41) is 19.5. The van der Waals surface area contributed by atoms with Crippen LogP contribution in [-0.4, -0.2) is 40.1 Å². The van der Waals surface area contributed by atoms with E-state index in [0.717, 1.165) is 17.3 Å². The highest BCUT2D eigenvalue weighted by atomic mass is 35.5. The topological polar surface area (TPSA) is 86.5 Å². The van der Waals surface area contributed by atoms with Crippen molar-refractivity contribution in [2.24, 2.45) is 0 Å². The van der Waals surface area contributed by atoms with Gasteiger partial charge in [0.25, 0.3) is 0 Å². The van der Waals surface area contributed by atoms with Crippen LogP contribution in [0.15, 0.2) is 46.5 Å². The van der Waals surface area contributed by atoms with E-state index in [-0.39, 0.29) is 4.91 Å². The molecule has 1 N–H and O–H groups in total. The Bertz CT molecular complexity index is 1130. The number of nitrogens with zero attached hydrogens (tertiary/aromatic N) is 3. The van der Waals surface area contributed by atoms with Crippen molar-refractivity contribution in [2.75, 3.05) is 14.2 Å². The Morgan fingerprint density at radius 3 is 2.35 bits per heavy atom. The molecule has 1 heterocycles. The molecule has 2 aromatic carbocycles. The van der Waals surface area contributed by atoms with E-state index < -0.39 is 5.97 Å². The molecule has 0 aliphatic heterocycles. The molecule has 0 bridgehead atoms. The minimum Gasteiger partial charge on any atom is -0.497 e. The van der Waals surface area contributed by atoms with Crippen molar-refractivity contribution in [1.82, 2.24) is 14.8 Å². The molecular weight excluding hydrogens is 461 g/mol. The first-order valence-corrected chi connectivity index (χ1v) is 10.7. The smallest absolute Gasteiger partial charge is 0.342 e. The average Bonchev–Trinajstić information content (AvgIpc) is 3.16. The van der Waals surface area contributed by atoms with Crippen LogP contribution in [0.2, 0.25) is 10.0 Å². The predicted molar refractivity (Wildman–Crippen MR) is 122 cm³/mol. The first-order valence-electron chi connectivity index (χ1n) is 9.10. The number of aliphatic carboxylic acids is 1. The Kier molecular flexibility index (Phi) is 7.48. The van der Waals surface area contributed by atoms with Gasteiger partial charge in [-0.1, -0.05) is 29.3 Å². The Hall–Kier alpha value is -2.68. The molecular formula is C21H19Cl2N3O4S. The third-order valence-electron chi connectivity index (χ3n) is 4.30. The lowest BCUT2D eigenvalue weighted by atomic mass is 10.2. The quantitative estimate of drug-likeness (QED) is 0.336. The molecule has 0 saturated heterocycles. The second kappa shape index (κ2) is 10.1. The molecule has 0 aliphatic rings. The molecule has 1 aromatic heterocycles. The van der Waals surface area contributed by atoms with Gasteiger partial charge < -0.3 is 19.1 Å². The fourth-order valence-electron chi connectivity index (χ4n) is 2.79. The van der Waals surface area contributed by atoms with Gasteiger partial charge in [0.15, 0.2) is 11.0 Å². The molecule has 3 rings (SSSR count). The van der Waals surface area contributed by atoms with E-state index in [1.54, 1.807) is 38.5 Å². The van der Waals surface area contributed by atoms with E-state index in [2.05, 4.69) is 10.2 Å². The minimum absolute atomic E-state index is 0.0427. The second-order valence-electron chi connectivity index (χ2n) is 6.23. The number of rotatable bonds is 8. The van der Waals surface area contributed by atoms with Crippen LogP contribution in [0.4, 0.5) is 0 Å². The minimum atomic E-state index is -1.11. The van der Waals surface area contributed by atoms with Gasteiger partial charge in [-0.15, -0.1) is 10.2 Å². The molecule has 10 heteroatoms. The number of halogens is 2. The monoisotopic (exact) mass is 479 g/mol. The SMILES string of the molecule is CCn1c(S/C(=C\c2ccc(Cl)cc2Cl)C(=O)O)nnc1-c1cc(OC)cc(OC)c1. The second-order valence-corrected chi connectivity index (χ2v) is 8.09. The Balaban J connectivity index is 2.01. The van der Waals surface area contributed by atoms with E-state index in [9.17, 15) is 9.90 Å². The van der Waals surface area contributed by atoms with Crippen LogP contribution < -0.4 is 9.47 Å². The van der Waals surface area contributed by atoms with Crippen molar-refractivity contribution in [3.05, 3.63) is 56.9 Å². The van der Waals surface area contributed by atoms with Crippen LogP contribution in [0.1, 0.15) is 12.5 Å². The molecule has 7 nitrogen and oxygen atoms in total. The number of hydrogen-bond donors (Lipinski definition) is 1. The van der Waals surface area contributed by atoms with Crippen LogP contribution in [0.25, 0.3) is 17.5 Å². The van der Waals surface area contributed by atoms with Gasteiger partial charge in [-0.25, -0.2) is 4.79 Å². The number of carbonyl (C=O) groups is 1. The summed E-state index contributed by atoms with van der Waals surface area (Å²) in [5.74, 6) is 0.679. The predicted octanol–water partition coefficient (Wildman–Crippen LogP) is 5.51. The summed E-state index contributed by atoms with van der Waals surface area (Å²) < 4.78 is 12.5. The summed E-state index contributed by atoms with van der Waals surface area (Å²) in [4.78, 5) is 11.9.